The smallest absolute Gasteiger partial charge is 0.346 e. The van der Waals surface area contributed by atoms with Crippen LogP contribution in [0.4, 0.5) is 0 Å². The lowest BCUT2D eigenvalue weighted by molar-refractivity contribution is -0.277. The van der Waals surface area contributed by atoms with Crippen LogP contribution < -0.4 is 14.2 Å². The molecule has 0 amide bonds. The number of rotatable bonds is 8. The van der Waals surface area contributed by atoms with Crippen LogP contribution in [0, 0.1) is 0 Å². The van der Waals surface area contributed by atoms with Gasteiger partial charge < -0.3 is 49.2 Å². The number of aromatic hydroxyl groups is 1. The Kier molecular flexibility index (Phi) is 7.95. The predicted molar refractivity (Wildman–Crippen MR) is 111 cm³/mol. The highest BCUT2D eigenvalue weighted by Crippen LogP contribution is 2.32. The molecule has 2 aromatic carbocycles. The lowest BCUT2D eigenvalue weighted by Gasteiger charge is -2.39. The molecule has 2 aromatic rings. The third kappa shape index (κ3) is 5.29. The van der Waals surface area contributed by atoms with Gasteiger partial charge in [-0.3, -0.25) is 0 Å². The van der Waals surface area contributed by atoms with Crippen LogP contribution in [0.1, 0.15) is 15.9 Å². The zero-order valence-electron chi connectivity index (χ0n) is 18.0. The third-order valence-electron chi connectivity index (χ3n) is 5.13. The second kappa shape index (κ2) is 10.7. The number of ether oxygens (including phenoxy) is 5. The van der Waals surface area contributed by atoms with Gasteiger partial charge in [0.25, 0.3) is 0 Å². The molecule has 0 unspecified atom stereocenters. The van der Waals surface area contributed by atoms with Crippen molar-refractivity contribution in [3.05, 3.63) is 47.5 Å². The zero-order chi connectivity index (χ0) is 24.1. The summed E-state index contributed by atoms with van der Waals surface area (Å²) in [6.45, 7) is -0.965. The van der Waals surface area contributed by atoms with Crippen LogP contribution in [-0.4, -0.2) is 83.0 Å². The van der Waals surface area contributed by atoms with Gasteiger partial charge in [0.15, 0.2) is 0 Å². The second-order valence-electron chi connectivity index (χ2n) is 7.22. The summed E-state index contributed by atoms with van der Waals surface area (Å²) in [5.74, 6) is -0.346. The lowest BCUT2D eigenvalue weighted by atomic mass is 9.99. The van der Waals surface area contributed by atoms with Gasteiger partial charge >= 0.3 is 5.97 Å². The summed E-state index contributed by atoms with van der Waals surface area (Å²) in [6, 6.07) is 8.72. The maximum Gasteiger partial charge on any atom is 0.346 e. The van der Waals surface area contributed by atoms with E-state index in [2.05, 4.69) is 0 Å². The van der Waals surface area contributed by atoms with Gasteiger partial charge in [0, 0.05) is 5.56 Å². The summed E-state index contributed by atoms with van der Waals surface area (Å²) in [7, 11) is 2.79. The van der Waals surface area contributed by atoms with Crippen molar-refractivity contribution in [3.8, 4) is 23.0 Å². The van der Waals surface area contributed by atoms with E-state index in [1.165, 1.54) is 32.4 Å². The topological polar surface area (TPSA) is 164 Å². The van der Waals surface area contributed by atoms with Crippen molar-refractivity contribution in [1.82, 2.24) is 0 Å². The summed E-state index contributed by atoms with van der Waals surface area (Å²) >= 11 is 0. The van der Waals surface area contributed by atoms with Gasteiger partial charge in [-0.15, -0.1) is 0 Å². The van der Waals surface area contributed by atoms with E-state index in [0.717, 1.165) is 0 Å². The number of phenols is 1. The molecule has 180 valence electrons. The first-order chi connectivity index (χ1) is 15.8. The van der Waals surface area contributed by atoms with Gasteiger partial charge in [-0.1, -0.05) is 6.07 Å². The quantitative estimate of drug-likeness (QED) is 0.331. The number of phenolic OH excluding ortho intramolecular Hbond substituents is 1. The fourth-order valence-corrected chi connectivity index (χ4v) is 3.35. The minimum Gasteiger partial charge on any atom is -0.508 e. The summed E-state index contributed by atoms with van der Waals surface area (Å²) in [5.41, 5.74) is 0.285. The van der Waals surface area contributed by atoms with Gasteiger partial charge in [0.2, 0.25) is 6.29 Å². The normalized spacial score (nSPS) is 24.7. The molecule has 5 N–H and O–H groups in total. The van der Waals surface area contributed by atoms with Crippen molar-refractivity contribution < 1.29 is 54.0 Å². The van der Waals surface area contributed by atoms with Crippen LogP contribution in [0.25, 0.3) is 0 Å². The van der Waals surface area contributed by atoms with Crippen LogP contribution in [0.15, 0.2) is 36.4 Å². The highest BCUT2D eigenvalue weighted by Gasteiger charge is 2.44. The van der Waals surface area contributed by atoms with E-state index >= 15 is 0 Å². The molecule has 1 fully saturated rings. The molecule has 1 aliphatic rings. The van der Waals surface area contributed by atoms with Gasteiger partial charge in [0.1, 0.15) is 59.6 Å². The molecular weight excluding hydrogens is 440 g/mol. The molecule has 0 aliphatic carbocycles. The standard InChI is InChI=1S/C22H26O11/c1-29-14-4-3-5-15(30-2)17(14)21(28)31-10-11-8-12(24)6-7-13(11)32-22-20(27)19(26)18(25)16(9-23)33-22/h3-8,16,18-20,22-27H,9-10H2,1-2H3/t16-,18-,19+,20-,22+/m1/s1. The number of esters is 1. The number of benzene rings is 2. The Labute approximate surface area is 189 Å². The number of methoxy groups -OCH3 is 2. The molecule has 1 aliphatic heterocycles. The molecule has 3 rings (SSSR count). The van der Waals surface area contributed by atoms with E-state index in [9.17, 15) is 30.3 Å². The molecule has 1 heterocycles. The number of hydrogen-bond acceptors (Lipinski definition) is 11. The first kappa shape index (κ1) is 24.6. The summed E-state index contributed by atoms with van der Waals surface area (Å²) in [6.07, 6.45) is -7.42. The Morgan fingerprint density at radius 2 is 1.64 bits per heavy atom. The molecule has 11 nitrogen and oxygen atoms in total. The molecule has 0 spiro atoms. The molecule has 0 bridgehead atoms. The average Bonchev–Trinajstić information content (AvgIpc) is 2.83. The van der Waals surface area contributed by atoms with Gasteiger partial charge in [-0.25, -0.2) is 4.79 Å². The monoisotopic (exact) mass is 466 g/mol. The zero-order valence-corrected chi connectivity index (χ0v) is 18.0. The Bertz CT molecular complexity index is 939. The van der Waals surface area contributed by atoms with Crippen LogP contribution in [0.5, 0.6) is 23.0 Å². The van der Waals surface area contributed by atoms with E-state index in [4.69, 9.17) is 23.7 Å². The molecule has 0 radical (unpaired) electrons. The number of aliphatic hydroxyl groups excluding tert-OH is 4. The fraction of sp³-hybridized carbons (Fsp3) is 0.409. The largest absolute Gasteiger partial charge is 0.508 e. The number of hydrogen-bond donors (Lipinski definition) is 5. The average molecular weight is 466 g/mol. The number of carbonyl (C=O) groups is 1. The first-order valence-electron chi connectivity index (χ1n) is 9.97. The SMILES string of the molecule is COc1cccc(OC)c1C(=O)OCc1cc(O)ccc1O[C@H]1O[C@H](CO)[C@@H](O)[C@H](O)[C@H]1O. The Hall–Kier alpha value is -3.09. The van der Waals surface area contributed by atoms with E-state index < -0.39 is 43.3 Å². The van der Waals surface area contributed by atoms with Crippen molar-refractivity contribution in [1.29, 1.82) is 0 Å². The Morgan fingerprint density at radius 1 is 0.970 bits per heavy atom. The molecule has 1 saturated heterocycles. The fourth-order valence-electron chi connectivity index (χ4n) is 3.35. The number of aliphatic hydroxyl groups is 4. The van der Waals surface area contributed by atoms with Gasteiger partial charge in [-0.05, 0) is 30.3 Å². The molecule has 0 aromatic heterocycles. The van der Waals surface area contributed by atoms with Crippen LogP contribution in [0.2, 0.25) is 0 Å². The van der Waals surface area contributed by atoms with Crippen LogP contribution >= 0.6 is 0 Å². The molecule has 33 heavy (non-hydrogen) atoms. The molecular formula is C22H26O11. The van der Waals surface area contributed by atoms with Crippen molar-refractivity contribution in [3.63, 3.8) is 0 Å². The van der Waals surface area contributed by atoms with Crippen molar-refractivity contribution in [2.45, 2.75) is 37.3 Å². The lowest BCUT2D eigenvalue weighted by Crippen LogP contribution is -2.60. The molecule has 0 saturated carbocycles. The maximum absolute atomic E-state index is 12.7. The maximum atomic E-state index is 12.7. The molecule has 11 heteroatoms. The minimum atomic E-state index is -1.63. The highest BCUT2D eigenvalue weighted by atomic mass is 16.7. The predicted octanol–water partition coefficient (Wildman–Crippen LogP) is -0.0549. The third-order valence-corrected chi connectivity index (χ3v) is 5.13. The van der Waals surface area contributed by atoms with Gasteiger partial charge in [0.05, 0.1) is 20.8 Å². The van der Waals surface area contributed by atoms with Crippen molar-refractivity contribution >= 4 is 5.97 Å². The number of carbonyl (C=O) groups excluding carboxylic acids is 1. The summed E-state index contributed by atoms with van der Waals surface area (Å²) in [4.78, 5) is 12.7. The van der Waals surface area contributed by atoms with Crippen LogP contribution in [-0.2, 0) is 16.1 Å². The van der Waals surface area contributed by atoms with E-state index in [1.807, 2.05) is 0 Å². The Balaban J connectivity index is 1.79. The summed E-state index contributed by atoms with van der Waals surface area (Å²) < 4.78 is 26.7. The highest BCUT2D eigenvalue weighted by molar-refractivity contribution is 5.95. The van der Waals surface area contributed by atoms with Gasteiger partial charge in [-0.2, -0.15) is 0 Å². The molecule has 5 atom stereocenters. The van der Waals surface area contributed by atoms with Crippen LogP contribution in [0.3, 0.4) is 0 Å². The van der Waals surface area contributed by atoms with E-state index in [-0.39, 0.29) is 40.7 Å². The Morgan fingerprint density at radius 3 is 2.24 bits per heavy atom. The first-order valence-corrected chi connectivity index (χ1v) is 9.97. The van der Waals surface area contributed by atoms with E-state index in [0.29, 0.717) is 0 Å². The second-order valence-corrected chi connectivity index (χ2v) is 7.22. The summed E-state index contributed by atoms with van der Waals surface area (Å²) in [5, 5.41) is 49.3. The van der Waals surface area contributed by atoms with E-state index in [1.54, 1.807) is 18.2 Å². The van der Waals surface area contributed by atoms with Crippen molar-refractivity contribution in [2.24, 2.45) is 0 Å². The minimum absolute atomic E-state index is 0.0666. The van der Waals surface area contributed by atoms with Crippen molar-refractivity contribution in [2.75, 3.05) is 20.8 Å².